The van der Waals surface area contributed by atoms with Gasteiger partial charge in [0.05, 0.1) is 12.3 Å². The molecule has 186 valence electrons. The summed E-state index contributed by atoms with van der Waals surface area (Å²) in [5.41, 5.74) is 4.10. The lowest BCUT2D eigenvalue weighted by molar-refractivity contribution is -0.139. The number of nitrogens with one attached hydrogen (secondary N) is 2. The lowest BCUT2D eigenvalue weighted by Gasteiger charge is -2.32. The van der Waals surface area contributed by atoms with Gasteiger partial charge in [0.1, 0.15) is 6.61 Å². The maximum atomic E-state index is 12.9. The van der Waals surface area contributed by atoms with Crippen LogP contribution in [0.1, 0.15) is 63.0 Å². The fourth-order valence-corrected chi connectivity index (χ4v) is 5.34. The summed E-state index contributed by atoms with van der Waals surface area (Å²) >= 11 is 0. The van der Waals surface area contributed by atoms with Crippen LogP contribution in [0.25, 0.3) is 11.1 Å². The molecule has 35 heavy (non-hydrogen) atoms. The molecule has 7 nitrogen and oxygen atoms in total. The maximum absolute atomic E-state index is 12.9. The molecule has 2 aromatic carbocycles. The van der Waals surface area contributed by atoms with E-state index in [1.807, 2.05) is 38.1 Å². The van der Waals surface area contributed by atoms with Crippen LogP contribution in [-0.4, -0.2) is 42.3 Å². The largest absolute Gasteiger partial charge is 0.481 e. The standard InChI is InChI=1S/C28H34N2O5/c1-28(2,15-25(31)32)17-29-26(33)22-13-7-8-14-24(22)30-27(34)35-16-23-20-11-5-3-9-18(20)19-10-4-6-12-21(19)23/h3-6,9-12,22-24H,7-8,13-17H2,1-2H3,(H,29,33)(H,30,34)(H,31,32)/t22-,24+/m0/s1. The number of aliphatic carboxylic acids is 1. The Hall–Kier alpha value is -3.35. The van der Waals surface area contributed by atoms with Crippen molar-refractivity contribution in [2.75, 3.05) is 13.2 Å². The number of ether oxygens (including phenoxy) is 1. The van der Waals surface area contributed by atoms with Crippen LogP contribution in [0.2, 0.25) is 0 Å². The van der Waals surface area contributed by atoms with Gasteiger partial charge >= 0.3 is 12.1 Å². The highest BCUT2D eigenvalue weighted by Crippen LogP contribution is 2.44. The van der Waals surface area contributed by atoms with Gasteiger partial charge in [0.2, 0.25) is 5.91 Å². The quantitative estimate of drug-likeness (QED) is 0.510. The van der Waals surface area contributed by atoms with Crippen molar-refractivity contribution in [3.63, 3.8) is 0 Å². The molecular weight excluding hydrogens is 444 g/mol. The van der Waals surface area contributed by atoms with E-state index in [1.165, 1.54) is 11.1 Å². The summed E-state index contributed by atoms with van der Waals surface area (Å²) in [6.07, 6.45) is 2.70. The number of carboxylic acids is 1. The van der Waals surface area contributed by atoms with E-state index in [0.717, 1.165) is 24.0 Å². The highest BCUT2D eigenvalue weighted by molar-refractivity contribution is 5.81. The number of rotatable bonds is 8. The second-order valence-corrected chi connectivity index (χ2v) is 10.4. The van der Waals surface area contributed by atoms with Gasteiger partial charge in [-0.2, -0.15) is 0 Å². The average molecular weight is 479 g/mol. The lowest BCUT2D eigenvalue weighted by atomic mass is 9.83. The van der Waals surface area contributed by atoms with Gasteiger partial charge < -0.3 is 20.5 Å². The van der Waals surface area contributed by atoms with Crippen LogP contribution in [0.5, 0.6) is 0 Å². The fourth-order valence-electron chi connectivity index (χ4n) is 5.34. The van der Waals surface area contributed by atoms with Crippen LogP contribution in [0.15, 0.2) is 48.5 Å². The van der Waals surface area contributed by atoms with E-state index < -0.39 is 17.5 Å². The molecular formula is C28H34N2O5. The van der Waals surface area contributed by atoms with E-state index >= 15 is 0 Å². The Labute approximate surface area is 206 Å². The van der Waals surface area contributed by atoms with E-state index in [-0.39, 0.29) is 43.4 Å². The van der Waals surface area contributed by atoms with E-state index in [1.54, 1.807) is 0 Å². The molecule has 1 fully saturated rings. The zero-order chi connectivity index (χ0) is 25.0. The third-order valence-corrected chi connectivity index (χ3v) is 7.12. The molecule has 2 amide bonds. The van der Waals surface area contributed by atoms with Gasteiger partial charge in [-0.15, -0.1) is 0 Å². The summed E-state index contributed by atoms with van der Waals surface area (Å²) in [6.45, 7) is 4.13. The van der Waals surface area contributed by atoms with Gasteiger partial charge in [-0.1, -0.05) is 75.2 Å². The van der Waals surface area contributed by atoms with Crippen molar-refractivity contribution in [3.8, 4) is 11.1 Å². The van der Waals surface area contributed by atoms with Crippen molar-refractivity contribution in [2.45, 2.75) is 57.9 Å². The third-order valence-electron chi connectivity index (χ3n) is 7.12. The number of carbonyl (C=O) groups is 3. The SMILES string of the molecule is CC(C)(CNC(=O)[C@H]1CCCC[C@H]1NC(=O)OCC1c2ccccc2-c2ccccc21)CC(=O)O. The molecule has 3 N–H and O–H groups in total. The number of amides is 2. The molecule has 2 aromatic rings. The highest BCUT2D eigenvalue weighted by atomic mass is 16.5. The molecule has 2 aliphatic rings. The number of benzene rings is 2. The van der Waals surface area contributed by atoms with Crippen molar-refractivity contribution >= 4 is 18.0 Å². The summed E-state index contributed by atoms with van der Waals surface area (Å²) in [4.78, 5) is 36.7. The van der Waals surface area contributed by atoms with Crippen LogP contribution >= 0.6 is 0 Å². The Morgan fingerprint density at radius 1 is 0.971 bits per heavy atom. The molecule has 0 radical (unpaired) electrons. The third kappa shape index (κ3) is 5.84. The molecule has 7 heteroatoms. The predicted molar refractivity (Wildman–Crippen MR) is 133 cm³/mol. The van der Waals surface area contributed by atoms with Gasteiger partial charge in [0.25, 0.3) is 0 Å². The summed E-state index contributed by atoms with van der Waals surface area (Å²) < 4.78 is 5.68. The maximum Gasteiger partial charge on any atom is 0.407 e. The van der Waals surface area contributed by atoms with E-state index in [0.29, 0.717) is 12.8 Å². The number of carboxylic acid groups (broad SMARTS) is 1. The number of hydrogen-bond donors (Lipinski definition) is 3. The van der Waals surface area contributed by atoms with E-state index in [9.17, 15) is 14.4 Å². The Bertz CT molecular complexity index is 1050. The molecule has 0 spiro atoms. The number of carbonyl (C=O) groups excluding carboxylic acids is 2. The van der Waals surface area contributed by atoms with Crippen molar-refractivity contribution in [2.24, 2.45) is 11.3 Å². The molecule has 0 aromatic heterocycles. The zero-order valence-electron chi connectivity index (χ0n) is 20.4. The van der Waals surface area contributed by atoms with Crippen molar-refractivity contribution < 1.29 is 24.2 Å². The van der Waals surface area contributed by atoms with Gasteiger partial charge in [-0.05, 0) is 40.5 Å². The second-order valence-electron chi connectivity index (χ2n) is 10.4. The Morgan fingerprint density at radius 2 is 1.57 bits per heavy atom. The topological polar surface area (TPSA) is 105 Å². The van der Waals surface area contributed by atoms with Crippen LogP contribution in [-0.2, 0) is 14.3 Å². The van der Waals surface area contributed by atoms with Crippen molar-refractivity contribution in [1.82, 2.24) is 10.6 Å². The first-order valence-electron chi connectivity index (χ1n) is 12.4. The van der Waals surface area contributed by atoms with Gasteiger partial charge in [-0.3, -0.25) is 9.59 Å². The van der Waals surface area contributed by atoms with Crippen LogP contribution in [0.3, 0.4) is 0 Å². The minimum Gasteiger partial charge on any atom is -0.481 e. The second kappa shape index (κ2) is 10.5. The van der Waals surface area contributed by atoms with Crippen LogP contribution < -0.4 is 10.6 Å². The monoisotopic (exact) mass is 478 g/mol. The van der Waals surface area contributed by atoms with Gasteiger partial charge in [0.15, 0.2) is 0 Å². The molecule has 2 aliphatic carbocycles. The van der Waals surface area contributed by atoms with E-state index in [4.69, 9.17) is 9.84 Å². The number of alkyl carbamates (subject to hydrolysis) is 1. The Kier molecular flexibility index (Phi) is 7.43. The molecule has 0 aliphatic heterocycles. The molecule has 2 atom stereocenters. The summed E-state index contributed by atoms with van der Waals surface area (Å²) in [6, 6.07) is 16.1. The van der Waals surface area contributed by atoms with Crippen LogP contribution in [0.4, 0.5) is 4.79 Å². The summed E-state index contributed by atoms with van der Waals surface area (Å²) in [5, 5.41) is 14.9. The smallest absolute Gasteiger partial charge is 0.407 e. The first-order chi connectivity index (χ1) is 16.7. The normalized spacial score (nSPS) is 19.4. The molecule has 0 heterocycles. The Morgan fingerprint density at radius 3 is 2.20 bits per heavy atom. The molecule has 0 unspecified atom stereocenters. The lowest BCUT2D eigenvalue weighted by Crippen LogP contribution is -2.50. The highest BCUT2D eigenvalue weighted by Gasteiger charge is 2.34. The molecule has 1 saturated carbocycles. The number of fused-ring (bicyclic) bond motifs is 3. The number of hydrogen-bond acceptors (Lipinski definition) is 4. The predicted octanol–water partition coefficient (Wildman–Crippen LogP) is 4.70. The van der Waals surface area contributed by atoms with Crippen molar-refractivity contribution in [1.29, 1.82) is 0 Å². The molecule has 0 saturated heterocycles. The minimum atomic E-state index is -0.892. The van der Waals surface area contributed by atoms with Crippen LogP contribution in [0, 0.1) is 11.3 Å². The fraction of sp³-hybridized carbons (Fsp3) is 0.464. The molecule has 0 bridgehead atoms. The minimum absolute atomic E-state index is 0.0185. The zero-order valence-corrected chi connectivity index (χ0v) is 20.4. The summed E-state index contributed by atoms with van der Waals surface area (Å²) in [7, 11) is 0. The van der Waals surface area contributed by atoms with E-state index in [2.05, 4.69) is 34.9 Å². The van der Waals surface area contributed by atoms with Gasteiger partial charge in [-0.25, -0.2) is 4.79 Å². The molecule has 4 rings (SSSR count). The van der Waals surface area contributed by atoms with Gasteiger partial charge in [0, 0.05) is 18.5 Å². The summed E-state index contributed by atoms with van der Waals surface area (Å²) in [5.74, 6) is -1.41. The van der Waals surface area contributed by atoms with Crippen molar-refractivity contribution in [3.05, 3.63) is 59.7 Å². The first kappa shape index (κ1) is 24.8. The average Bonchev–Trinajstić information content (AvgIpc) is 3.14. The Balaban J connectivity index is 1.35. The first-order valence-corrected chi connectivity index (χ1v) is 12.4.